The Kier molecular flexibility index (Phi) is 1.91. The zero-order chi connectivity index (χ0) is 7.07. The van der Waals surface area contributed by atoms with Gasteiger partial charge in [0.1, 0.15) is 0 Å². The van der Waals surface area contributed by atoms with Crippen molar-refractivity contribution in [2.24, 2.45) is 11.3 Å². The predicted octanol–water partition coefficient (Wildman–Crippen LogP) is 3.21. The Bertz CT molecular complexity index is 107. The fourth-order valence-electron chi connectivity index (χ4n) is 1.56. The van der Waals surface area contributed by atoms with E-state index in [2.05, 4.69) is 36.7 Å². The lowest BCUT2D eigenvalue weighted by Crippen LogP contribution is -2.13. The summed E-state index contributed by atoms with van der Waals surface area (Å²) in [5.74, 6) is 0.891. The van der Waals surface area contributed by atoms with Gasteiger partial charge in [-0.3, -0.25) is 0 Å². The van der Waals surface area contributed by atoms with E-state index in [0.29, 0.717) is 5.41 Å². The standard InChI is InChI=1S/C8H15Br/c1-6-4-7(9)5-8(6,2)3/h6-7H,4-5H2,1-3H3/t6-,7+/m0/s1. The van der Waals surface area contributed by atoms with Gasteiger partial charge < -0.3 is 0 Å². The van der Waals surface area contributed by atoms with Gasteiger partial charge in [0, 0.05) is 4.83 Å². The van der Waals surface area contributed by atoms with E-state index in [1.54, 1.807) is 0 Å². The molecule has 0 saturated heterocycles. The smallest absolute Gasteiger partial charge is 0.0153 e. The minimum atomic E-state index is 0.578. The fourth-order valence-corrected chi connectivity index (χ4v) is 2.95. The Morgan fingerprint density at radius 2 is 2.00 bits per heavy atom. The summed E-state index contributed by atoms with van der Waals surface area (Å²) in [4.78, 5) is 0.780. The van der Waals surface area contributed by atoms with Crippen molar-refractivity contribution in [1.29, 1.82) is 0 Å². The van der Waals surface area contributed by atoms with E-state index in [1.165, 1.54) is 12.8 Å². The molecule has 0 radical (unpaired) electrons. The third-order valence-electron chi connectivity index (χ3n) is 2.69. The highest BCUT2D eigenvalue weighted by molar-refractivity contribution is 9.09. The molecule has 0 nitrogen and oxygen atoms in total. The van der Waals surface area contributed by atoms with Crippen LogP contribution >= 0.6 is 15.9 Å². The molecule has 0 bridgehead atoms. The van der Waals surface area contributed by atoms with Crippen LogP contribution in [-0.4, -0.2) is 4.83 Å². The average molecular weight is 191 g/mol. The second-order valence-electron chi connectivity index (χ2n) is 3.93. The van der Waals surface area contributed by atoms with Crippen molar-refractivity contribution in [2.75, 3.05) is 0 Å². The van der Waals surface area contributed by atoms with E-state index < -0.39 is 0 Å². The van der Waals surface area contributed by atoms with Gasteiger partial charge in [-0.25, -0.2) is 0 Å². The third kappa shape index (κ3) is 1.49. The first-order valence-corrected chi connectivity index (χ1v) is 4.58. The molecule has 1 aliphatic carbocycles. The van der Waals surface area contributed by atoms with Crippen LogP contribution in [0.15, 0.2) is 0 Å². The quantitative estimate of drug-likeness (QED) is 0.516. The summed E-state index contributed by atoms with van der Waals surface area (Å²) in [7, 11) is 0. The molecule has 2 atom stereocenters. The minimum Gasteiger partial charge on any atom is -0.0890 e. The SMILES string of the molecule is C[C@H]1C[C@@H](Br)CC1(C)C. The summed E-state index contributed by atoms with van der Waals surface area (Å²) in [6.07, 6.45) is 2.70. The molecule has 1 saturated carbocycles. The molecule has 1 aliphatic rings. The molecule has 0 aliphatic heterocycles. The van der Waals surface area contributed by atoms with Crippen molar-refractivity contribution in [3.63, 3.8) is 0 Å². The molecule has 0 aromatic carbocycles. The maximum Gasteiger partial charge on any atom is 0.0153 e. The lowest BCUT2D eigenvalue weighted by molar-refractivity contribution is 0.281. The summed E-state index contributed by atoms with van der Waals surface area (Å²) in [6, 6.07) is 0. The van der Waals surface area contributed by atoms with Crippen LogP contribution in [0.4, 0.5) is 0 Å². The van der Waals surface area contributed by atoms with Crippen molar-refractivity contribution in [3.8, 4) is 0 Å². The molecule has 0 spiro atoms. The summed E-state index contributed by atoms with van der Waals surface area (Å²) in [5, 5.41) is 0. The zero-order valence-corrected chi connectivity index (χ0v) is 8.03. The van der Waals surface area contributed by atoms with Gasteiger partial charge in [-0.15, -0.1) is 0 Å². The van der Waals surface area contributed by atoms with Gasteiger partial charge in [0.05, 0.1) is 0 Å². The molecule has 9 heavy (non-hydrogen) atoms. The molecule has 0 amide bonds. The van der Waals surface area contributed by atoms with Crippen LogP contribution in [0.3, 0.4) is 0 Å². The van der Waals surface area contributed by atoms with E-state index in [9.17, 15) is 0 Å². The molecule has 0 aromatic heterocycles. The van der Waals surface area contributed by atoms with Gasteiger partial charge in [0.15, 0.2) is 0 Å². The van der Waals surface area contributed by atoms with Crippen LogP contribution in [0.1, 0.15) is 33.6 Å². The molecular weight excluding hydrogens is 176 g/mol. The second kappa shape index (κ2) is 2.26. The Balaban J connectivity index is 2.58. The summed E-state index contributed by atoms with van der Waals surface area (Å²) in [5.41, 5.74) is 0.578. The summed E-state index contributed by atoms with van der Waals surface area (Å²) >= 11 is 3.65. The summed E-state index contributed by atoms with van der Waals surface area (Å²) in [6.45, 7) is 7.07. The largest absolute Gasteiger partial charge is 0.0890 e. The molecule has 54 valence electrons. The van der Waals surface area contributed by atoms with E-state index in [-0.39, 0.29) is 0 Å². The van der Waals surface area contributed by atoms with Crippen LogP contribution in [-0.2, 0) is 0 Å². The van der Waals surface area contributed by atoms with Crippen molar-refractivity contribution >= 4 is 15.9 Å². The molecular formula is C8H15Br. The summed E-state index contributed by atoms with van der Waals surface area (Å²) < 4.78 is 0. The Hall–Kier alpha value is 0.480. The van der Waals surface area contributed by atoms with Crippen molar-refractivity contribution < 1.29 is 0 Å². The first-order valence-electron chi connectivity index (χ1n) is 3.66. The molecule has 0 heterocycles. The Labute approximate surface area is 66.2 Å². The van der Waals surface area contributed by atoms with Crippen LogP contribution in [0.2, 0.25) is 0 Å². The highest BCUT2D eigenvalue weighted by atomic mass is 79.9. The van der Waals surface area contributed by atoms with Crippen molar-refractivity contribution in [1.82, 2.24) is 0 Å². The van der Waals surface area contributed by atoms with Gasteiger partial charge in [0.25, 0.3) is 0 Å². The number of halogens is 1. The number of alkyl halides is 1. The predicted molar refractivity (Wildman–Crippen MR) is 44.9 cm³/mol. The van der Waals surface area contributed by atoms with Gasteiger partial charge in [-0.05, 0) is 24.2 Å². The topological polar surface area (TPSA) is 0 Å². The fraction of sp³-hybridized carbons (Fsp3) is 1.00. The first kappa shape index (κ1) is 7.59. The molecule has 1 heteroatoms. The van der Waals surface area contributed by atoms with E-state index in [1.807, 2.05) is 0 Å². The first-order chi connectivity index (χ1) is 4.02. The third-order valence-corrected chi connectivity index (χ3v) is 3.39. The van der Waals surface area contributed by atoms with Gasteiger partial charge in [-0.1, -0.05) is 36.7 Å². The molecule has 0 N–H and O–H groups in total. The van der Waals surface area contributed by atoms with Crippen LogP contribution in [0.5, 0.6) is 0 Å². The van der Waals surface area contributed by atoms with Crippen molar-refractivity contribution in [2.45, 2.75) is 38.4 Å². The number of hydrogen-bond acceptors (Lipinski definition) is 0. The van der Waals surface area contributed by atoms with Crippen LogP contribution in [0, 0.1) is 11.3 Å². The maximum absolute atomic E-state index is 3.65. The Morgan fingerprint density at radius 3 is 2.11 bits per heavy atom. The molecule has 1 fully saturated rings. The second-order valence-corrected chi connectivity index (χ2v) is 5.22. The van der Waals surface area contributed by atoms with Gasteiger partial charge in [0.2, 0.25) is 0 Å². The monoisotopic (exact) mass is 190 g/mol. The van der Waals surface area contributed by atoms with E-state index in [0.717, 1.165) is 10.7 Å². The number of hydrogen-bond donors (Lipinski definition) is 0. The molecule has 1 rings (SSSR count). The van der Waals surface area contributed by atoms with Gasteiger partial charge in [-0.2, -0.15) is 0 Å². The lowest BCUT2D eigenvalue weighted by atomic mass is 9.83. The molecule has 0 unspecified atom stereocenters. The van der Waals surface area contributed by atoms with Gasteiger partial charge >= 0.3 is 0 Å². The molecule has 0 aromatic rings. The van der Waals surface area contributed by atoms with Crippen LogP contribution in [0.25, 0.3) is 0 Å². The highest BCUT2D eigenvalue weighted by Crippen LogP contribution is 2.44. The zero-order valence-electron chi connectivity index (χ0n) is 6.45. The average Bonchev–Trinajstić information content (AvgIpc) is 1.79. The Morgan fingerprint density at radius 1 is 1.44 bits per heavy atom. The number of rotatable bonds is 0. The van der Waals surface area contributed by atoms with E-state index in [4.69, 9.17) is 0 Å². The lowest BCUT2D eigenvalue weighted by Gasteiger charge is -2.22. The van der Waals surface area contributed by atoms with E-state index >= 15 is 0 Å². The minimum absolute atomic E-state index is 0.578. The normalized spacial score (nSPS) is 41.3. The maximum atomic E-state index is 3.65. The highest BCUT2D eigenvalue weighted by Gasteiger charge is 2.35. The van der Waals surface area contributed by atoms with Crippen LogP contribution < -0.4 is 0 Å². The van der Waals surface area contributed by atoms with Crippen molar-refractivity contribution in [3.05, 3.63) is 0 Å².